The van der Waals surface area contributed by atoms with Gasteiger partial charge < -0.3 is 0 Å². The first-order valence-electron chi connectivity index (χ1n) is 16.0. The second-order valence-corrected chi connectivity index (χ2v) is 22.9. The van der Waals surface area contributed by atoms with Gasteiger partial charge in [0, 0.05) is 0 Å². The Labute approximate surface area is 225 Å². The molecule has 0 bridgehead atoms. The molecule has 0 heterocycles. The zero-order valence-electron chi connectivity index (χ0n) is 24.4. The summed E-state index contributed by atoms with van der Waals surface area (Å²) in [6.45, 7) is 11.9. The standard InChI is InChI=1S/C31H67BrNP/c1-5-9-13-14-15-16-17-18-19-20-21-22-23-24-26-33-27-25-31-34(32,28-10-6-2,29-11-7-3)30-12-8-4/h33H,5-31H2,1-4H3. The SMILES string of the molecule is CCCCCCCCCCCCCCCCNCCCP(Br)(CCCC)(CCCC)CCCC. The Kier molecular flexibility index (Phi) is 24.8. The van der Waals surface area contributed by atoms with Crippen molar-refractivity contribution < 1.29 is 0 Å². The average molecular weight is 565 g/mol. The molecule has 0 fully saturated rings. The molecule has 0 radical (unpaired) electrons. The van der Waals surface area contributed by atoms with Crippen LogP contribution in [0.1, 0.15) is 163 Å². The van der Waals surface area contributed by atoms with E-state index in [1.807, 2.05) is 0 Å². The molecule has 0 saturated carbocycles. The van der Waals surface area contributed by atoms with Crippen molar-refractivity contribution >= 4 is 20.8 Å². The van der Waals surface area contributed by atoms with E-state index in [2.05, 4.69) is 48.5 Å². The molecule has 3 heteroatoms. The van der Waals surface area contributed by atoms with E-state index in [9.17, 15) is 0 Å². The van der Waals surface area contributed by atoms with Crippen molar-refractivity contribution in [3.8, 4) is 0 Å². The third-order valence-electron chi connectivity index (χ3n) is 7.99. The minimum atomic E-state index is -1.69. The van der Waals surface area contributed by atoms with Gasteiger partial charge in [-0.15, -0.1) is 0 Å². The summed E-state index contributed by atoms with van der Waals surface area (Å²) in [5.74, 6) is 0. The Morgan fingerprint density at radius 2 is 0.676 bits per heavy atom. The Morgan fingerprint density at radius 1 is 0.382 bits per heavy atom. The first-order chi connectivity index (χ1) is 16.5. The molecule has 0 amide bonds. The van der Waals surface area contributed by atoms with E-state index >= 15 is 0 Å². The zero-order chi connectivity index (χ0) is 25.2. The van der Waals surface area contributed by atoms with Crippen LogP contribution in [0.15, 0.2) is 0 Å². The van der Waals surface area contributed by atoms with Crippen molar-refractivity contribution in [3.05, 3.63) is 0 Å². The number of halogens is 1. The van der Waals surface area contributed by atoms with E-state index in [0.717, 1.165) is 0 Å². The van der Waals surface area contributed by atoms with E-state index in [-0.39, 0.29) is 0 Å². The fourth-order valence-corrected chi connectivity index (χ4v) is 14.1. The molecule has 0 aromatic carbocycles. The van der Waals surface area contributed by atoms with Crippen LogP contribution in [0.2, 0.25) is 0 Å². The molecule has 1 nitrogen and oxygen atoms in total. The number of rotatable bonds is 28. The van der Waals surface area contributed by atoms with Crippen molar-refractivity contribution in [1.29, 1.82) is 0 Å². The van der Waals surface area contributed by atoms with Gasteiger partial charge in [0.2, 0.25) is 0 Å². The number of unbranched alkanes of at least 4 members (excludes halogenated alkanes) is 16. The molecular weight excluding hydrogens is 497 g/mol. The molecular formula is C31H67BrNP. The minimum absolute atomic E-state index is 1.23. The van der Waals surface area contributed by atoms with Crippen LogP contribution in [0.4, 0.5) is 0 Å². The molecule has 1 N–H and O–H groups in total. The van der Waals surface area contributed by atoms with Crippen molar-refractivity contribution in [2.75, 3.05) is 37.7 Å². The monoisotopic (exact) mass is 563 g/mol. The van der Waals surface area contributed by atoms with Crippen molar-refractivity contribution in [2.45, 2.75) is 163 Å². The summed E-state index contributed by atoms with van der Waals surface area (Å²) in [6.07, 6.45) is 35.9. The third kappa shape index (κ3) is 20.0. The second kappa shape index (κ2) is 24.2. The van der Waals surface area contributed by atoms with E-state index in [4.69, 9.17) is 0 Å². The molecule has 0 atom stereocenters. The molecule has 0 rings (SSSR count). The summed E-state index contributed by atoms with van der Waals surface area (Å²) in [4.78, 5) is 0. The average Bonchev–Trinajstić information content (AvgIpc) is 2.85. The Hall–Kier alpha value is 0.870. The maximum atomic E-state index is 4.55. The molecule has 34 heavy (non-hydrogen) atoms. The van der Waals surface area contributed by atoms with Crippen molar-refractivity contribution in [3.63, 3.8) is 0 Å². The van der Waals surface area contributed by atoms with Crippen LogP contribution >= 0.6 is 20.8 Å². The molecule has 208 valence electrons. The summed E-state index contributed by atoms with van der Waals surface area (Å²) in [6, 6.07) is 0. The summed E-state index contributed by atoms with van der Waals surface area (Å²) in [7, 11) is 0. The van der Waals surface area contributed by atoms with Gasteiger partial charge in [0.1, 0.15) is 0 Å². The third-order valence-corrected chi connectivity index (χ3v) is 18.0. The summed E-state index contributed by atoms with van der Waals surface area (Å²) >= 11 is 4.55. The molecule has 0 aromatic heterocycles. The van der Waals surface area contributed by atoms with Gasteiger partial charge in [-0.05, 0) is 0 Å². The normalized spacial score (nSPS) is 13.3. The van der Waals surface area contributed by atoms with E-state index in [1.165, 1.54) is 173 Å². The number of hydrogen-bond donors (Lipinski definition) is 1. The Balaban J connectivity index is 3.79. The van der Waals surface area contributed by atoms with Crippen LogP contribution in [0.5, 0.6) is 0 Å². The first kappa shape index (κ1) is 34.9. The Morgan fingerprint density at radius 3 is 1.06 bits per heavy atom. The van der Waals surface area contributed by atoms with Crippen LogP contribution in [-0.4, -0.2) is 37.7 Å². The predicted octanol–water partition coefficient (Wildman–Crippen LogP) is 11.7. The van der Waals surface area contributed by atoms with Gasteiger partial charge in [0.25, 0.3) is 0 Å². The van der Waals surface area contributed by atoms with Gasteiger partial charge in [-0.1, -0.05) is 51.9 Å². The molecule has 0 aliphatic carbocycles. The summed E-state index contributed by atoms with van der Waals surface area (Å²) in [5.41, 5.74) is 0. The van der Waals surface area contributed by atoms with Crippen LogP contribution in [0.3, 0.4) is 0 Å². The van der Waals surface area contributed by atoms with Crippen LogP contribution in [0.25, 0.3) is 0 Å². The topological polar surface area (TPSA) is 12.0 Å². The van der Waals surface area contributed by atoms with Gasteiger partial charge in [-0.25, -0.2) is 0 Å². The molecule has 0 unspecified atom stereocenters. The quantitative estimate of drug-likeness (QED) is 0.0736. The molecule has 0 aromatic rings. The fourth-order valence-electron chi connectivity index (χ4n) is 5.50. The molecule has 0 aliphatic heterocycles. The molecule has 0 spiro atoms. The van der Waals surface area contributed by atoms with Gasteiger partial charge >= 0.3 is 175 Å². The van der Waals surface area contributed by atoms with Crippen LogP contribution in [-0.2, 0) is 0 Å². The van der Waals surface area contributed by atoms with Gasteiger partial charge in [-0.2, -0.15) is 0 Å². The zero-order valence-corrected chi connectivity index (χ0v) is 26.9. The Bertz CT molecular complexity index is 390. The fraction of sp³-hybridized carbons (Fsp3) is 1.00. The van der Waals surface area contributed by atoms with E-state index in [0.29, 0.717) is 0 Å². The molecule has 0 saturated heterocycles. The first-order valence-corrected chi connectivity index (χ1v) is 21.0. The number of hydrogen-bond acceptors (Lipinski definition) is 1. The van der Waals surface area contributed by atoms with Gasteiger partial charge in [0.05, 0.1) is 0 Å². The van der Waals surface area contributed by atoms with Crippen LogP contribution in [0, 0.1) is 0 Å². The predicted molar refractivity (Wildman–Crippen MR) is 168 cm³/mol. The summed E-state index contributed by atoms with van der Waals surface area (Å²) < 4.78 is 0. The number of nitrogens with one attached hydrogen (secondary N) is 1. The van der Waals surface area contributed by atoms with Crippen molar-refractivity contribution in [2.24, 2.45) is 0 Å². The van der Waals surface area contributed by atoms with Gasteiger partial charge in [-0.3, -0.25) is 0 Å². The van der Waals surface area contributed by atoms with E-state index < -0.39 is 5.31 Å². The van der Waals surface area contributed by atoms with E-state index in [1.54, 1.807) is 0 Å². The van der Waals surface area contributed by atoms with Crippen LogP contribution < -0.4 is 5.32 Å². The van der Waals surface area contributed by atoms with Crippen molar-refractivity contribution in [1.82, 2.24) is 5.32 Å². The van der Waals surface area contributed by atoms with Gasteiger partial charge in [0.15, 0.2) is 0 Å². The second-order valence-electron chi connectivity index (χ2n) is 11.5. The summed E-state index contributed by atoms with van der Waals surface area (Å²) in [5, 5.41) is 2.10. The molecule has 0 aliphatic rings. The maximum absolute atomic E-state index is 4.55.